The third kappa shape index (κ3) is 3.09. The number of rotatable bonds is 5. The molecule has 0 bridgehead atoms. The van der Waals surface area contributed by atoms with Crippen LogP contribution in [-0.2, 0) is 4.79 Å². The first-order valence-corrected chi connectivity index (χ1v) is 10.2. The monoisotopic (exact) mass is 345 g/mol. The van der Waals surface area contributed by atoms with E-state index in [-0.39, 0.29) is 17.5 Å². The van der Waals surface area contributed by atoms with E-state index in [2.05, 4.69) is 31.9 Å². The van der Waals surface area contributed by atoms with Gasteiger partial charge in [0.15, 0.2) is 5.82 Å². The summed E-state index contributed by atoms with van der Waals surface area (Å²) in [7, 11) is 0. The van der Waals surface area contributed by atoms with Crippen LogP contribution in [0.25, 0.3) is 0 Å². The highest BCUT2D eigenvalue weighted by atomic mass is 16.2. The summed E-state index contributed by atoms with van der Waals surface area (Å²) >= 11 is 0. The van der Waals surface area contributed by atoms with Crippen molar-refractivity contribution in [2.75, 3.05) is 13.1 Å². The minimum Gasteiger partial charge on any atom is -0.345 e. The Morgan fingerprint density at radius 2 is 1.84 bits per heavy atom. The van der Waals surface area contributed by atoms with E-state index in [1.54, 1.807) is 0 Å². The van der Waals surface area contributed by atoms with Gasteiger partial charge in [-0.3, -0.25) is 9.69 Å². The van der Waals surface area contributed by atoms with Crippen LogP contribution in [0, 0.1) is 0 Å². The molecule has 1 aromatic rings. The number of aromatic nitrogens is 3. The predicted molar refractivity (Wildman–Crippen MR) is 96.1 cm³/mol. The summed E-state index contributed by atoms with van der Waals surface area (Å²) in [5.74, 6) is 1.12. The lowest BCUT2D eigenvalue weighted by Gasteiger charge is -2.38. The van der Waals surface area contributed by atoms with Crippen molar-refractivity contribution in [2.45, 2.75) is 88.8 Å². The molecule has 2 aliphatic carbocycles. The average Bonchev–Trinajstić information content (AvgIpc) is 3.43. The fraction of sp³-hybridized carbons (Fsp3) is 0.842. The number of amides is 1. The van der Waals surface area contributed by atoms with Crippen LogP contribution in [0.15, 0.2) is 6.33 Å². The molecule has 6 nitrogen and oxygen atoms in total. The van der Waals surface area contributed by atoms with E-state index in [0.29, 0.717) is 6.04 Å². The van der Waals surface area contributed by atoms with Crippen LogP contribution in [0.2, 0.25) is 0 Å². The summed E-state index contributed by atoms with van der Waals surface area (Å²) in [5.41, 5.74) is -0.275. The Labute approximate surface area is 150 Å². The number of carbonyl (C=O) groups excluding carboxylic acids is 1. The third-order valence-corrected chi connectivity index (χ3v) is 6.62. The van der Waals surface area contributed by atoms with Gasteiger partial charge in [-0.2, -0.15) is 0 Å². The van der Waals surface area contributed by atoms with Gasteiger partial charge >= 0.3 is 0 Å². The minimum absolute atomic E-state index is 0.0873. The molecule has 1 amide bonds. The fourth-order valence-corrected chi connectivity index (χ4v) is 5.21. The van der Waals surface area contributed by atoms with Crippen LogP contribution in [0.3, 0.4) is 0 Å². The Kier molecular flexibility index (Phi) is 4.80. The molecule has 6 heteroatoms. The molecular weight excluding hydrogens is 314 g/mol. The van der Waals surface area contributed by atoms with Gasteiger partial charge in [0.25, 0.3) is 0 Å². The van der Waals surface area contributed by atoms with Crippen molar-refractivity contribution in [3.05, 3.63) is 12.2 Å². The topological polar surface area (TPSA) is 63.1 Å². The number of carbonyl (C=O) groups is 1. The zero-order chi connectivity index (χ0) is 17.3. The molecule has 1 aromatic heterocycles. The molecule has 1 N–H and O–H groups in total. The molecule has 25 heavy (non-hydrogen) atoms. The standard InChI is InChI=1S/C19H31N5O/c1-15(17-22-20-14-24(17)16-8-2-3-9-16)21-18(25)19(10-4-5-11-19)23-12-6-7-13-23/h14-16H,2-13H2,1H3,(H,21,25)/t15-/m0/s1. The summed E-state index contributed by atoms with van der Waals surface area (Å²) < 4.78 is 2.20. The van der Waals surface area contributed by atoms with Crippen LogP contribution in [-0.4, -0.2) is 44.2 Å². The quantitative estimate of drug-likeness (QED) is 0.891. The van der Waals surface area contributed by atoms with Crippen LogP contribution < -0.4 is 5.32 Å². The fourth-order valence-electron chi connectivity index (χ4n) is 5.21. The average molecular weight is 345 g/mol. The molecule has 3 fully saturated rings. The van der Waals surface area contributed by atoms with E-state index in [0.717, 1.165) is 44.6 Å². The van der Waals surface area contributed by atoms with Crippen molar-refractivity contribution in [1.82, 2.24) is 25.0 Å². The normalized spacial score (nSPS) is 25.5. The van der Waals surface area contributed by atoms with Crippen molar-refractivity contribution < 1.29 is 4.79 Å². The molecule has 0 unspecified atom stereocenters. The first-order chi connectivity index (χ1) is 12.2. The molecule has 4 rings (SSSR count). The van der Waals surface area contributed by atoms with Crippen molar-refractivity contribution in [1.29, 1.82) is 0 Å². The van der Waals surface area contributed by atoms with E-state index in [4.69, 9.17) is 0 Å². The van der Waals surface area contributed by atoms with E-state index in [1.165, 1.54) is 38.5 Å². The SMILES string of the molecule is C[C@H](NC(=O)C1(N2CCCC2)CCCC1)c1nncn1C1CCCC1. The summed E-state index contributed by atoms with van der Waals surface area (Å²) in [6, 6.07) is 0.416. The second-order valence-corrected chi connectivity index (χ2v) is 8.16. The van der Waals surface area contributed by atoms with Crippen LogP contribution >= 0.6 is 0 Å². The zero-order valence-corrected chi connectivity index (χ0v) is 15.4. The van der Waals surface area contributed by atoms with Gasteiger partial charge in [0, 0.05) is 6.04 Å². The molecule has 0 radical (unpaired) electrons. The maximum absolute atomic E-state index is 13.3. The summed E-state index contributed by atoms with van der Waals surface area (Å²) in [6.07, 6.45) is 13.6. The van der Waals surface area contributed by atoms with E-state index in [1.807, 2.05) is 6.33 Å². The van der Waals surface area contributed by atoms with Crippen LogP contribution in [0.1, 0.15) is 89.0 Å². The minimum atomic E-state index is -0.275. The molecule has 0 spiro atoms. The molecular formula is C19H31N5O. The number of nitrogens with one attached hydrogen (secondary N) is 1. The highest BCUT2D eigenvalue weighted by Crippen LogP contribution is 2.38. The predicted octanol–water partition coefficient (Wildman–Crippen LogP) is 2.98. The first-order valence-electron chi connectivity index (χ1n) is 10.2. The molecule has 2 heterocycles. The van der Waals surface area contributed by atoms with E-state index >= 15 is 0 Å². The Balaban J connectivity index is 1.49. The molecule has 1 aliphatic heterocycles. The first kappa shape index (κ1) is 17.0. The third-order valence-electron chi connectivity index (χ3n) is 6.62. The van der Waals surface area contributed by atoms with E-state index in [9.17, 15) is 4.79 Å². The summed E-state index contributed by atoms with van der Waals surface area (Å²) in [5, 5.41) is 11.8. The maximum Gasteiger partial charge on any atom is 0.241 e. The van der Waals surface area contributed by atoms with Crippen molar-refractivity contribution in [3.8, 4) is 0 Å². The second kappa shape index (κ2) is 7.06. The maximum atomic E-state index is 13.3. The molecule has 1 atom stereocenters. The van der Waals surface area contributed by atoms with Gasteiger partial charge in [-0.15, -0.1) is 10.2 Å². The summed E-state index contributed by atoms with van der Waals surface area (Å²) in [6.45, 7) is 4.19. The van der Waals surface area contributed by atoms with Gasteiger partial charge in [0.1, 0.15) is 11.9 Å². The van der Waals surface area contributed by atoms with Crippen molar-refractivity contribution in [2.24, 2.45) is 0 Å². The van der Waals surface area contributed by atoms with Crippen molar-refractivity contribution in [3.63, 3.8) is 0 Å². The lowest BCUT2D eigenvalue weighted by molar-refractivity contribution is -0.133. The van der Waals surface area contributed by atoms with Gasteiger partial charge in [-0.25, -0.2) is 0 Å². The van der Waals surface area contributed by atoms with Crippen LogP contribution in [0.4, 0.5) is 0 Å². The number of nitrogens with zero attached hydrogens (tertiary/aromatic N) is 4. The molecule has 0 aromatic carbocycles. The van der Waals surface area contributed by atoms with Gasteiger partial charge in [-0.1, -0.05) is 25.7 Å². The smallest absolute Gasteiger partial charge is 0.241 e. The largest absolute Gasteiger partial charge is 0.345 e. The van der Waals surface area contributed by atoms with Gasteiger partial charge in [0.2, 0.25) is 5.91 Å². The molecule has 138 valence electrons. The highest BCUT2D eigenvalue weighted by Gasteiger charge is 2.47. The van der Waals surface area contributed by atoms with Gasteiger partial charge < -0.3 is 9.88 Å². The second-order valence-electron chi connectivity index (χ2n) is 8.16. The number of likely N-dealkylation sites (tertiary alicyclic amines) is 1. The van der Waals surface area contributed by atoms with E-state index < -0.39 is 0 Å². The zero-order valence-electron chi connectivity index (χ0n) is 15.4. The molecule has 3 aliphatic rings. The van der Waals surface area contributed by atoms with Gasteiger partial charge in [-0.05, 0) is 58.5 Å². The Hall–Kier alpha value is -1.43. The Morgan fingerprint density at radius 1 is 1.16 bits per heavy atom. The highest BCUT2D eigenvalue weighted by molar-refractivity contribution is 5.87. The number of hydrogen-bond acceptors (Lipinski definition) is 4. The Morgan fingerprint density at radius 3 is 2.52 bits per heavy atom. The summed E-state index contributed by atoms with van der Waals surface area (Å²) in [4.78, 5) is 15.7. The van der Waals surface area contributed by atoms with Gasteiger partial charge in [0.05, 0.1) is 6.04 Å². The Bertz CT molecular complexity index is 595. The van der Waals surface area contributed by atoms with Crippen molar-refractivity contribution >= 4 is 5.91 Å². The number of hydrogen-bond donors (Lipinski definition) is 1. The molecule has 2 saturated carbocycles. The molecule has 1 saturated heterocycles. The lowest BCUT2D eigenvalue weighted by Crippen LogP contribution is -2.56. The lowest BCUT2D eigenvalue weighted by atomic mass is 9.93. The van der Waals surface area contributed by atoms with Crippen LogP contribution in [0.5, 0.6) is 0 Å².